The summed E-state index contributed by atoms with van der Waals surface area (Å²) in [5.74, 6) is -0.843. The number of amides is 1. The summed E-state index contributed by atoms with van der Waals surface area (Å²) >= 11 is 5.78. The number of furan rings is 1. The number of carbonyl (C=O) groups excluding carboxylic acids is 3. The van der Waals surface area contributed by atoms with Crippen LogP contribution in [0.15, 0.2) is 65.1 Å². The molecule has 0 bridgehead atoms. The lowest BCUT2D eigenvalue weighted by Crippen LogP contribution is -2.20. The van der Waals surface area contributed by atoms with Gasteiger partial charge in [0, 0.05) is 21.8 Å². The van der Waals surface area contributed by atoms with Gasteiger partial charge in [-0.25, -0.2) is 4.79 Å². The van der Waals surface area contributed by atoms with E-state index in [1.807, 2.05) is 0 Å². The fraction of sp³-hybridized carbons (Fsp3) is 0.0952. The lowest BCUT2D eigenvalue weighted by atomic mass is 10.1. The van der Waals surface area contributed by atoms with Crippen molar-refractivity contribution in [3.8, 4) is 11.3 Å². The fourth-order valence-corrected chi connectivity index (χ4v) is 2.53. The standard InChI is InChI=1S/C21H16ClNO5/c1-13(24)14-2-4-15(5-3-14)18-10-11-19(28-18)21(26)27-12-20(25)23-17-8-6-16(22)7-9-17/h2-11H,12H2,1H3,(H,23,25). The minimum atomic E-state index is -0.752. The number of rotatable bonds is 6. The number of halogens is 1. The summed E-state index contributed by atoms with van der Waals surface area (Å²) in [7, 11) is 0. The molecule has 0 aliphatic rings. The average Bonchev–Trinajstić information content (AvgIpc) is 3.18. The molecule has 0 radical (unpaired) electrons. The van der Waals surface area contributed by atoms with Crippen molar-refractivity contribution in [2.24, 2.45) is 0 Å². The van der Waals surface area contributed by atoms with E-state index in [4.69, 9.17) is 20.8 Å². The van der Waals surface area contributed by atoms with Crippen LogP contribution in [0.4, 0.5) is 5.69 Å². The van der Waals surface area contributed by atoms with E-state index in [-0.39, 0.29) is 11.5 Å². The van der Waals surface area contributed by atoms with Gasteiger partial charge in [-0.15, -0.1) is 0 Å². The van der Waals surface area contributed by atoms with Crippen LogP contribution in [0.5, 0.6) is 0 Å². The van der Waals surface area contributed by atoms with E-state index in [9.17, 15) is 14.4 Å². The highest BCUT2D eigenvalue weighted by molar-refractivity contribution is 6.30. The topological polar surface area (TPSA) is 85.6 Å². The van der Waals surface area contributed by atoms with Gasteiger partial charge in [0.1, 0.15) is 5.76 Å². The van der Waals surface area contributed by atoms with Crippen molar-refractivity contribution < 1.29 is 23.5 Å². The molecule has 1 heterocycles. The Morgan fingerprint density at radius 1 is 0.964 bits per heavy atom. The van der Waals surface area contributed by atoms with Gasteiger partial charge in [0.15, 0.2) is 12.4 Å². The number of anilines is 1. The Hall–Kier alpha value is -3.38. The van der Waals surface area contributed by atoms with Crippen LogP contribution in [0.3, 0.4) is 0 Å². The average molecular weight is 398 g/mol. The van der Waals surface area contributed by atoms with Crippen LogP contribution in [0.1, 0.15) is 27.8 Å². The van der Waals surface area contributed by atoms with Crippen LogP contribution in [-0.2, 0) is 9.53 Å². The summed E-state index contributed by atoms with van der Waals surface area (Å²) in [6, 6.07) is 16.4. The van der Waals surface area contributed by atoms with E-state index in [0.717, 1.165) is 0 Å². The predicted molar refractivity (Wildman–Crippen MR) is 105 cm³/mol. The highest BCUT2D eigenvalue weighted by Crippen LogP contribution is 2.23. The third-order valence-electron chi connectivity index (χ3n) is 3.85. The second-order valence-electron chi connectivity index (χ2n) is 5.93. The first-order valence-corrected chi connectivity index (χ1v) is 8.74. The molecule has 0 saturated carbocycles. The van der Waals surface area contributed by atoms with Crippen molar-refractivity contribution in [2.75, 3.05) is 11.9 Å². The molecule has 0 aliphatic heterocycles. The molecule has 1 aromatic heterocycles. The molecule has 0 atom stereocenters. The van der Waals surface area contributed by atoms with E-state index < -0.39 is 18.5 Å². The van der Waals surface area contributed by atoms with E-state index in [1.165, 1.54) is 13.0 Å². The SMILES string of the molecule is CC(=O)c1ccc(-c2ccc(C(=O)OCC(=O)Nc3ccc(Cl)cc3)o2)cc1. The number of esters is 1. The molecule has 28 heavy (non-hydrogen) atoms. The number of hydrogen-bond acceptors (Lipinski definition) is 5. The van der Waals surface area contributed by atoms with Crippen molar-refractivity contribution in [3.05, 3.63) is 77.0 Å². The van der Waals surface area contributed by atoms with Gasteiger partial charge in [0.05, 0.1) is 0 Å². The summed E-state index contributed by atoms with van der Waals surface area (Å²) in [6.07, 6.45) is 0. The highest BCUT2D eigenvalue weighted by Gasteiger charge is 2.15. The molecular formula is C21H16ClNO5. The Labute approximate surface area is 166 Å². The summed E-state index contributed by atoms with van der Waals surface area (Å²) in [5, 5.41) is 3.14. The van der Waals surface area contributed by atoms with Crippen molar-refractivity contribution in [1.82, 2.24) is 0 Å². The number of hydrogen-bond donors (Lipinski definition) is 1. The molecule has 0 saturated heterocycles. The Balaban J connectivity index is 1.57. The van der Waals surface area contributed by atoms with E-state index in [0.29, 0.717) is 27.6 Å². The molecule has 142 valence electrons. The van der Waals surface area contributed by atoms with Crippen LogP contribution >= 0.6 is 11.6 Å². The van der Waals surface area contributed by atoms with Gasteiger partial charge in [-0.3, -0.25) is 9.59 Å². The van der Waals surface area contributed by atoms with E-state index in [2.05, 4.69) is 5.32 Å². The van der Waals surface area contributed by atoms with Crippen molar-refractivity contribution in [3.63, 3.8) is 0 Å². The molecular weight excluding hydrogens is 382 g/mol. The maximum absolute atomic E-state index is 12.1. The molecule has 3 aromatic rings. The zero-order valence-electron chi connectivity index (χ0n) is 14.9. The number of carbonyl (C=O) groups is 3. The minimum absolute atomic E-state index is 0.0232. The summed E-state index contributed by atoms with van der Waals surface area (Å²) in [5.41, 5.74) is 1.84. The summed E-state index contributed by atoms with van der Waals surface area (Å²) < 4.78 is 10.5. The fourth-order valence-electron chi connectivity index (χ4n) is 2.40. The van der Waals surface area contributed by atoms with Crippen LogP contribution in [0.2, 0.25) is 5.02 Å². The zero-order chi connectivity index (χ0) is 20.1. The maximum atomic E-state index is 12.1. The van der Waals surface area contributed by atoms with Crippen molar-refractivity contribution >= 4 is 34.9 Å². The van der Waals surface area contributed by atoms with Gasteiger partial charge in [-0.1, -0.05) is 35.9 Å². The Morgan fingerprint density at radius 2 is 1.64 bits per heavy atom. The Bertz CT molecular complexity index is 1010. The molecule has 0 spiro atoms. The van der Waals surface area contributed by atoms with Gasteiger partial charge in [0.2, 0.25) is 5.76 Å². The smallest absolute Gasteiger partial charge is 0.374 e. The monoisotopic (exact) mass is 397 g/mol. The molecule has 0 unspecified atom stereocenters. The summed E-state index contributed by atoms with van der Waals surface area (Å²) in [4.78, 5) is 35.3. The Morgan fingerprint density at radius 3 is 2.29 bits per heavy atom. The lowest BCUT2D eigenvalue weighted by molar-refractivity contribution is -0.119. The first-order valence-electron chi connectivity index (χ1n) is 8.36. The molecule has 1 N–H and O–H groups in total. The minimum Gasteiger partial charge on any atom is -0.450 e. The third kappa shape index (κ3) is 4.86. The van der Waals surface area contributed by atoms with E-state index in [1.54, 1.807) is 54.6 Å². The Kier molecular flexibility index (Phi) is 5.91. The molecule has 0 aliphatic carbocycles. The third-order valence-corrected chi connectivity index (χ3v) is 4.10. The number of nitrogens with one attached hydrogen (secondary N) is 1. The molecule has 6 nitrogen and oxygen atoms in total. The normalized spacial score (nSPS) is 10.4. The first kappa shape index (κ1) is 19.4. The van der Waals surface area contributed by atoms with E-state index >= 15 is 0 Å². The molecule has 1 amide bonds. The van der Waals surface area contributed by atoms with Crippen LogP contribution < -0.4 is 5.32 Å². The van der Waals surface area contributed by atoms with Crippen molar-refractivity contribution in [2.45, 2.75) is 6.92 Å². The maximum Gasteiger partial charge on any atom is 0.374 e. The van der Waals surface area contributed by atoms with Gasteiger partial charge >= 0.3 is 5.97 Å². The molecule has 2 aromatic carbocycles. The largest absolute Gasteiger partial charge is 0.450 e. The van der Waals surface area contributed by atoms with Gasteiger partial charge in [-0.05, 0) is 43.3 Å². The predicted octanol–water partition coefficient (Wildman–Crippen LogP) is 4.60. The number of Topliss-reactive ketones (excluding diaryl/α,β-unsaturated/α-hetero) is 1. The zero-order valence-corrected chi connectivity index (χ0v) is 15.7. The second kappa shape index (κ2) is 8.54. The van der Waals surface area contributed by atoms with Gasteiger partial charge in [-0.2, -0.15) is 0 Å². The molecule has 0 fully saturated rings. The van der Waals surface area contributed by atoms with Crippen molar-refractivity contribution in [1.29, 1.82) is 0 Å². The number of benzene rings is 2. The summed E-state index contributed by atoms with van der Waals surface area (Å²) in [6.45, 7) is 1.03. The van der Waals surface area contributed by atoms with Crippen LogP contribution in [0.25, 0.3) is 11.3 Å². The molecule has 7 heteroatoms. The second-order valence-corrected chi connectivity index (χ2v) is 6.37. The quantitative estimate of drug-likeness (QED) is 0.485. The lowest BCUT2D eigenvalue weighted by Gasteiger charge is -2.05. The van der Waals surface area contributed by atoms with Crippen LogP contribution in [-0.4, -0.2) is 24.3 Å². The number of ketones is 1. The van der Waals surface area contributed by atoms with Crippen LogP contribution in [0, 0.1) is 0 Å². The highest BCUT2D eigenvalue weighted by atomic mass is 35.5. The van der Waals surface area contributed by atoms with Gasteiger partial charge < -0.3 is 14.5 Å². The van der Waals surface area contributed by atoms with Gasteiger partial charge in [0.25, 0.3) is 5.91 Å². The first-order chi connectivity index (χ1) is 13.4. The molecule has 3 rings (SSSR count). The number of ether oxygens (including phenoxy) is 1.